The number of hydrogen-bond acceptors (Lipinski definition) is 3. The van der Waals surface area contributed by atoms with E-state index in [-0.39, 0.29) is 6.61 Å². The Bertz CT molecular complexity index is 1140. The van der Waals surface area contributed by atoms with Crippen molar-refractivity contribution in [1.82, 2.24) is 15.0 Å². The van der Waals surface area contributed by atoms with Crippen molar-refractivity contribution in [3.8, 4) is 12.3 Å². The molecule has 4 aromatic rings. The average Bonchev–Trinajstić information content (AvgIpc) is 3.27. The lowest BCUT2D eigenvalue weighted by Crippen LogP contribution is -2.35. The molecule has 4 rings (SSSR count). The van der Waals surface area contributed by atoms with Crippen molar-refractivity contribution in [2.45, 2.75) is 38.3 Å². The molecule has 0 aliphatic rings. The van der Waals surface area contributed by atoms with Crippen LogP contribution in [0.25, 0.3) is 0 Å². The summed E-state index contributed by atoms with van der Waals surface area (Å²) in [6, 6.07) is 30.7. The molecule has 0 atom stereocenters. The first-order valence-corrected chi connectivity index (χ1v) is 11.4. The van der Waals surface area contributed by atoms with Crippen LogP contribution in [0.3, 0.4) is 0 Å². The number of benzene rings is 3. The Balaban J connectivity index is 1.94. The molecular formula is C29H29N3O. The molecule has 0 amide bonds. The van der Waals surface area contributed by atoms with Crippen LogP contribution in [0.4, 0.5) is 0 Å². The van der Waals surface area contributed by atoms with Crippen LogP contribution in [0.1, 0.15) is 47.8 Å². The van der Waals surface area contributed by atoms with E-state index in [4.69, 9.17) is 16.3 Å². The van der Waals surface area contributed by atoms with Gasteiger partial charge in [-0.1, -0.05) is 115 Å². The third-order valence-corrected chi connectivity index (χ3v) is 5.85. The smallest absolute Gasteiger partial charge is 0.165 e. The van der Waals surface area contributed by atoms with Gasteiger partial charge in [-0.2, -0.15) is 0 Å². The number of nitrogens with zero attached hydrogens (tertiary/aromatic N) is 3. The van der Waals surface area contributed by atoms with E-state index in [9.17, 15) is 0 Å². The first-order chi connectivity index (χ1) is 16.3. The van der Waals surface area contributed by atoms with Crippen molar-refractivity contribution in [1.29, 1.82) is 0 Å². The van der Waals surface area contributed by atoms with Gasteiger partial charge in [0.05, 0.1) is 12.2 Å². The largest absolute Gasteiger partial charge is 0.346 e. The van der Waals surface area contributed by atoms with Crippen molar-refractivity contribution in [2.75, 3.05) is 6.61 Å². The van der Waals surface area contributed by atoms with E-state index < -0.39 is 5.60 Å². The Labute approximate surface area is 196 Å². The van der Waals surface area contributed by atoms with Crippen molar-refractivity contribution in [3.05, 3.63) is 119 Å². The van der Waals surface area contributed by atoms with Gasteiger partial charge in [-0.05, 0) is 29.5 Å². The monoisotopic (exact) mass is 435 g/mol. The minimum absolute atomic E-state index is 0.155. The van der Waals surface area contributed by atoms with E-state index in [1.807, 2.05) is 59.3 Å². The number of rotatable bonds is 10. The summed E-state index contributed by atoms with van der Waals surface area (Å²) >= 11 is 0. The number of aromatic nitrogens is 3. The summed E-state index contributed by atoms with van der Waals surface area (Å²) in [5, 5.41) is 9.39. The predicted octanol–water partition coefficient (Wildman–Crippen LogP) is 5.61. The van der Waals surface area contributed by atoms with E-state index in [1.54, 1.807) is 0 Å². The van der Waals surface area contributed by atoms with Crippen molar-refractivity contribution >= 4 is 0 Å². The molecule has 4 nitrogen and oxygen atoms in total. The zero-order chi connectivity index (χ0) is 22.9. The minimum Gasteiger partial charge on any atom is -0.346 e. The number of terminal acetylenes is 1. The zero-order valence-electron chi connectivity index (χ0n) is 19.0. The molecule has 4 heteroatoms. The van der Waals surface area contributed by atoms with E-state index in [2.05, 4.69) is 54.5 Å². The SMILES string of the molecule is C#CCOC(c1ccccc1)(c1ccccc1)c1nnn(Cc2ccccc2)c1CCCC. The maximum atomic E-state index is 6.57. The molecule has 0 saturated carbocycles. The molecule has 0 bridgehead atoms. The first-order valence-electron chi connectivity index (χ1n) is 11.4. The summed E-state index contributed by atoms with van der Waals surface area (Å²) in [5.41, 5.74) is 4.07. The molecule has 0 unspecified atom stereocenters. The molecule has 1 aromatic heterocycles. The van der Waals surface area contributed by atoms with Gasteiger partial charge in [-0.3, -0.25) is 0 Å². The van der Waals surface area contributed by atoms with Gasteiger partial charge < -0.3 is 4.74 Å². The third kappa shape index (κ3) is 4.74. The van der Waals surface area contributed by atoms with Crippen LogP contribution in [0, 0.1) is 12.3 Å². The Morgan fingerprint density at radius 2 is 1.45 bits per heavy atom. The third-order valence-electron chi connectivity index (χ3n) is 5.85. The molecule has 0 radical (unpaired) electrons. The van der Waals surface area contributed by atoms with Crippen molar-refractivity contribution in [2.24, 2.45) is 0 Å². The van der Waals surface area contributed by atoms with Gasteiger partial charge >= 0.3 is 0 Å². The Hall–Kier alpha value is -3.68. The number of unbranched alkanes of at least 4 members (excludes halogenated alkanes) is 1. The van der Waals surface area contributed by atoms with Gasteiger partial charge in [0, 0.05) is 0 Å². The van der Waals surface area contributed by atoms with Gasteiger partial charge in [0.15, 0.2) is 5.60 Å². The number of hydrogen-bond donors (Lipinski definition) is 0. The summed E-state index contributed by atoms with van der Waals surface area (Å²) in [6.45, 7) is 3.01. The van der Waals surface area contributed by atoms with Gasteiger partial charge in [0.1, 0.15) is 12.3 Å². The fourth-order valence-electron chi connectivity index (χ4n) is 4.25. The standard InChI is InChI=1S/C29H29N3O/c1-3-5-21-27-28(30-31-32(27)23-24-15-9-6-10-16-24)29(33-22-4-2,25-17-11-7-12-18-25)26-19-13-8-14-20-26/h2,6-20H,3,5,21-23H2,1H3. The summed E-state index contributed by atoms with van der Waals surface area (Å²) in [4.78, 5) is 0. The second-order valence-electron chi connectivity index (χ2n) is 8.04. The fraction of sp³-hybridized carbons (Fsp3) is 0.241. The summed E-state index contributed by atoms with van der Waals surface area (Å²) in [7, 11) is 0. The maximum absolute atomic E-state index is 6.57. The van der Waals surface area contributed by atoms with Crippen LogP contribution in [-0.4, -0.2) is 21.6 Å². The Kier molecular flexibility index (Phi) is 7.34. The van der Waals surface area contributed by atoms with Crippen LogP contribution in [0.15, 0.2) is 91.0 Å². The molecule has 1 heterocycles. The quantitative estimate of drug-likeness (QED) is 0.304. The molecular weight excluding hydrogens is 406 g/mol. The molecule has 0 N–H and O–H groups in total. The highest BCUT2D eigenvalue weighted by atomic mass is 16.5. The summed E-state index contributed by atoms with van der Waals surface area (Å²) in [6.07, 6.45) is 8.64. The molecule has 166 valence electrons. The second kappa shape index (κ2) is 10.8. The number of ether oxygens (including phenoxy) is 1. The van der Waals surface area contributed by atoms with Crippen LogP contribution in [0.5, 0.6) is 0 Å². The van der Waals surface area contributed by atoms with E-state index in [0.29, 0.717) is 6.54 Å². The lowest BCUT2D eigenvalue weighted by atomic mass is 9.81. The maximum Gasteiger partial charge on any atom is 0.165 e. The molecule has 0 saturated heterocycles. The van der Waals surface area contributed by atoms with Crippen molar-refractivity contribution < 1.29 is 4.74 Å². The summed E-state index contributed by atoms with van der Waals surface area (Å²) in [5.74, 6) is 2.66. The first kappa shape index (κ1) is 22.5. The predicted molar refractivity (Wildman–Crippen MR) is 132 cm³/mol. The lowest BCUT2D eigenvalue weighted by molar-refractivity contribution is 0.0311. The highest BCUT2D eigenvalue weighted by Gasteiger charge is 2.42. The highest BCUT2D eigenvalue weighted by molar-refractivity contribution is 5.46. The average molecular weight is 436 g/mol. The van der Waals surface area contributed by atoms with Crippen LogP contribution in [0.2, 0.25) is 0 Å². The van der Waals surface area contributed by atoms with Gasteiger partial charge in [0.2, 0.25) is 0 Å². The van der Waals surface area contributed by atoms with E-state index >= 15 is 0 Å². The topological polar surface area (TPSA) is 39.9 Å². The van der Waals surface area contributed by atoms with Crippen LogP contribution < -0.4 is 0 Å². The molecule has 3 aromatic carbocycles. The molecule has 0 spiro atoms. The fourth-order valence-corrected chi connectivity index (χ4v) is 4.25. The Morgan fingerprint density at radius 1 is 0.879 bits per heavy atom. The molecule has 0 aliphatic heterocycles. The normalized spacial score (nSPS) is 11.3. The molecule has 33 heavy (non-hydrogen) atoms. The van der Waals surface area contributed by atoms with E-state index in [0.717, 1.165) is 41.8 Å². The van der Waals surface area contributed by atoms with Crippen LogP contribution >= 0.6 is 0 Å². The molecule has 0 aliphatic carbocycles. The Morgan fingerprint density at radius 3 is 2.00 bits per heavy atom. The lowest BCUT2D eigenvalue weighted by Gasteiger charge is -2.33. The van der Waals surface area contributed by atoms with E-state index in [1.165, 1.54) is 5.56 Å². The second-order valence-corrected chi connectivity index (χ2v) is 8.04. The van der Waals surface area contributed by atoms with Crippen molar-refractivity contribution in [3.63, 3.8) is 0 Å². The van der Waals surface area contributed by atoms with Gasteiger partial charge in [0.25, 0.3) is 0 Å². The highest BCUT2D eigenvalue weighted by Crippen LogP contribution is 2.41. The summed E-state index contributed by atoms with van der Waals surface area (Å²) < 4.78 is 8.58. The van der Waals surface area contributed by atoms with Gasteiger partial charge in [-0.25, -0.2) is 4.68 Å². The van der Waals surface area contributed by atoms with Crippen LogP contribution in [-0.2, 0) is 23.3 Å². The zero-order valence-corrected chi connectivity index (χ0v) is 19.0. The molecule has 0 fully saturated rings. The van der Waals surface area contributed by atoms with Gasteiger partial charge in [-0.15, -0.1) is 11.5 Å². The minimum atomic E-state index is -0.951.